The van der Waals surface area contributed by atoms with Crippen molar-refractivity contribution in [1.29, 1.82) is 0 Å². The Bertz CT molecular complexity index is 469. The molecule has 2 amide bonds. The minimum atomic E-state index is -0.162. The van der Waals surface area contributed by atoms with Crippen molar-refractivity contribution in [3.63, 3.8) is 0 Å². The molecular weight excluding hydrogens is 268 g/mol. The van der Waals surface area contributed by atoms with Gasteiger partial charge in [-0.05, 0) is 30.7 Å². The van der Waals surface area contributed by atoms with Gasteiger partial charge in [-0.25, -0.2) is 0 Å². The molecule has 21 heavy (non-hydrogen) atoms. The number of amides is 2. The fourth-order valence-corrected chi connectivity index (χ4v) is 1.72. The lowest BCUT2D eigenvalue weighted by Crippen LogP contribution is -2.39. The number of nitrogens with zero attached hydrogens (tertiary/aromatic N) is 2. The van der Waals surface area contributed by atoms with Gasteiger partial charge in [-0.15, -0.1) is 0 Å². The average molecular weight is 292 g/mol. The maximum absolute atomic E-state index is 11.8. The zero-order valence-electron chi connectivity index (χ0n) is 13.3. The number of unbranched alkanes of at least 4 members (excludes halogenated alkanes) is 1. The number of hydrogen-bond acceptors (Lipinski definition) is 3. The van der Waals surface area contributed by atoms with Crippen LogP contribution in [0.25, 0.3) is 0 Å². The molecule has 0 saturated heterocycles. The highest BCUT2D eigenvalue weighted by Crippen LogP contribution is 2.20. The van der Waals surface area contributed by atoms with Gasteiger partial charge < -0.3 is 14.5 Å². The summed E-state index contributed by atoms with van der Waals surface area (Å²) in [6, 6.07) is 7.24. The molecule has 0 N–H and O–H groups in total. The predicted octanol–water partition coefficient (Wildman–Crippen LogP) is 2.31. The lowest BCUT2D eigenvalue weighted by Gasteiger charge is -2.22. The Morgan fingerprint density at radius 1 is 1.14 bits per heavy atom. The van der Waals surface area contributed by atoms with Crippen molar-refractivity contribution in [2.24, 2.45) is 0 Å². The molecule has 116 valence electrons. The first-order chi connectivity index (χ1) is 9.95. The Hall–Kier alpha value is -2.04. The van der Waals surface area contributed by atoms with Gasteiger partial charge in [0.05, 0.1) is 6.61 Å². The first kappa shape index (κ1) is 17.0. The van der Waals surface area contributed by atoms with E-state index in [4.69, 9.17) is 4.74 Å². The van der Waals surface area contributed by atoms with Crippen LogP contribution in [-0.2, 0) is 9.59 Å². The van der Waals surface area contributed by atoms with E-state index in [1.165, 1.54) is 16.7 Å². The van der Waals surface area contributed by atoms with Crippen molar-refractivity contribution >= 4 is 17.5 Å². The molecule has 0 aliphatic carbocycles. The van der Waals surface area contributed by atoms with Crippen LogP contribution in [0.2, 0.25) is 0 Å². The van der Waals surface area contributed by atoms with Crippen LogP contribution in [0.5, 0.6) is 5.75 Å². The molecule has 1 aromatic rings. The number of benzene rings is 1. The van der Waals surface area contributed by atoms with E-state index in [0.717, 1.165) is 18.6 Å². The summed E-state index contributed by atoms with van der Waals surface area (Å²) >= 11 is 0. The standard InChI is InChI=1S/C16H24N2O3/c1-5-6-11-21-15-9-7-14(8-10-15)18(13(2)19)12-16(20)17(3)4/h7-10H,5-6,11-12H2,1-4H3. The van der Waals surface area contributed by atoms with E-state index in [9.17, 15) is 9.59 Å². The molecule has 0 aliphatic heterocycles. The van der Waals surface area contributed by atoms with Gasteiger partial charge in [0.15, 0.2) is 0 Å². The SMILES string of the molecule is CCCCOc1ccc(N(CC(=O)N(C)C)C(C)=O)cc1. The summed E-state index contributed by atoms with van der Waals surface area (Å²) in [5, 5.41) is 0. The van der Waals surface area contributed by atoms with Crippen molar-refractivity contribution < 1.29 is 14.3 Å². The van der Waals surface area contributed by atoms with Gasteiger partial charge in [-0.2, -0.15) is 0 Å². The van der Waals surface area contributed by atoms with Crippen LogP contribution in [0.15, 0.2) is 24.3 Å². The van der Waals surface area contributed by atoms with E-state index < -0.39 is 0 Å². The number of ether oxygens (including phenoxy) is 1. The zero-order valence-corrected chi connectivity index (χ0v) is 13.3. The molecule has 0 saturated carbocycles. The minimum absolute atomic E-state index is 0.0401. The molecule has 5 heteroatoms. The van der Waals surface area contributed by atoms with E-state index in [1.54, 1.807) is 26.2 Å². The smallest absolute Gasteiger partial charge is 0.242 e. The van der Waals surface area contributed by atoms with Gasteiger partial charge in [0.2, 0.25) is 11.8 Å². The van der Waals surface area contributed by atoms with Gasteiger partial charge >= 0.3 is 0 Å². The summed E-state index contributed by atoms with van der Waals surface area (Å²) in [4.78, 5) is 26.4. The molecule has 1 aromatic carbocycles. The molecule has 1 rings (SSSR count). The quantitative estimate of drug-likeness (QED) is 0.725. The summed E-state index contributed by atoms with van der Waals surface area (Å²) in [6.45, 7) is 4.29. The molecule has 0 spiro atoms. The van der Waals surface area contributed by atoms with E-state index >= 15 is 0 Å². The van der Waals surface area contributed by atoms with Crippen LogP contribution < -0.4 is 9.64 Å². The molecule has 0 fully saturated rings. The van der Waals surface area contributed by atoms with Gasteiger partial charge in [-0.3, -0.25) is 9.59 Å². The summed E-state index contributed by atoms with van der Waals surface area (Å²) in [5.41, 5.74) is 0.695. The van der Waals surface area contributed by atoms with Crippen LogP contribution in [0.4, 0.5) is 5.69 Å². The van der Waals surface area contributed by atoms with Crippen molar-refractivity contribution in [3.05, 3.63) is 24.3 Å². The molecule has 0 aliphatic rings. The van der Waals surface area contributed by atoms with Gasteiger partial charge in [0.25, 0.3) is 0 Å². The second-order valence-corrected chi connectivity index (χ2v) is 5.09. The van der Waals surface area contributed by atoms with Crippen LogP contribution in [0, 0.1) is 0 Å². The summed E-state index contributed by atoms with van der Waals surface area (Å²) < 4.78 is 5.58. The molecule has 0 heterocycles. The normalized spacial score (nSPS) is 10.1. The molecule has 0 bridgehead atoms. The van der Waals surface area contributed by atoms with Gasteiger partial charge in [0.1, 0.15) is 12.3 Å². The highest BCUT2D eigenvalue weighted by molar-refractivity contribution is 5.97. The van der Waals surface area contributed by atoms with E-state index in [-0.39, 0.29) is 18.4 Å². The number of hydrogen-bond donors (Lipinski definition) is 0. The third-order valence-corrected chi connectivity index (χ3v) is 3.09. The lowest BCUT2D eigenvalue weighted by atomic mass is 10.2. The second-order valence-electron chi connectivity index (χ2n) is 5.09. The number of carbonyl (C=O) groups is 2. The lowest BCUT2D eigenvalue weighted by molar-refractivity contribution is -0.129. The molecular formula is C16H24N2O3. The first-order valence-corrected chi connectivity index (χ1v) is 7.16. The second kappa shape index (κ2) is 8.29. The monoisotopic (exact) mass is 292 g/mol. The number of anilines is 1. The Morgan fingerprint density at radius 2 is 1.76 bits per heavy atom. The molecule has 0 atom stereocenters. The zero-order chi connectivity index (χ0) is 15.8. The van der Waals surface area contributed by atoms with Gasteiger partial charge in [0, 0.05) is 26.7 Å². The van der Waals surface area contributed by atoms with E-state index in [0.29, 0.717) is 12.3 Å². The number of rotatable bonds is 7. The molecule has 5 nitrogen and oxygen atoms in total. The van der Waals surface area contributed by atoms with Crippen molar-refractivity contribution in [3.8, 4) is 5.75 Å². The van der Waals surface area contributed by atoms with Crippen molar-refractivity contribution in [2.45, 2.75) is 26.7 Å². The van der Waals surface area contributed by atoms with Crippen LogP contribution >= 0.6 is 0 Å². The molecule has 0 unspecified atom stereocenters. The van der Waals surface area contributed by atoms with E-state index in [1.807, 2.05) is 12.1 Å². The van der Waals surface area contributed by atoms with Crippen LogP contribution in [0.3, 0.4) is 0 Å². The fourth-order valence-electron chi connectivity index (χ4n) is 1.72. The third kappa shape index (κ3) is 5.45. The number of likely N-dealkylation sites (N-methyl/N-ethyl adjacent to an activating group) is 1. The van der Waals surface area contributed by atoms with Crippen LogP contribution in [0.1, 0.15) is 26.7 Å². The summed E-state index contributed by atoms with van der Waals surface area (Å²) in [6.07, 6.45) is 2.10. The van der Waals surface area contributed by atoms with Crippen molar-refractivity contribution in [1.82, 2.24) is 4.90 Å². The fraction of sp³-hybridized carbons (Fsp3) is 0.500. The molecule has 0 aromatic heterocycles. The topological polar surface area (TPSA) is 49.9 Å². The van der Waals surface area contributed by atoms with Gasteiger partial charge in [-0.1, -0.05) is 13.3 Å². The largest absolute Gasteiger partial charge is 0.494 e. The Labute approximate surface area is 126 Å². The Morgan fingerprint density at radius 3 is 2.24 bits per heavy atom. The number of carbonyl (C=O) groups excluding carboxylic acids is 2. The Balaban J connectivity index is 2.75. The Kier molecular flexibility index (Phi) is 6.72. The average Bonchev–Trinajstić information content (AvgIpc) is 2.45. The summed E-state index contributed by atoms with van der Waals surface area (Å²) in [5.74, 6) is 0.493. The molecule has 0 radical (unpaired) electrons. The predicted molar refractivity (Wildman–Crippen MR) is 83.6 cm³/mol. The first-order valence-electron chi connectivity index (χ1n) is 7.16. The maximum Gasteiger partial charge on any atom is 0.242 e. The third-order valence-electron chi connectivity index (χ3n) is 3.09. The van der Waals surface area contributed by atoms with Crippen molar-refractivity contribution in [2.75, 3.05) is 32.1 Å². The minimum Gasteiger partial charge on any atom is -0.494 e. The maximum atomic E-state index is 11.8. The highest BCUT2D eigenvalue weighted by atomic mass is 16.5. The van der Waals surface area contributed by atoms with E-state index in [2.05, 4.69) is 6.92 Å². The highest BCUT2D eigenvalue weighted by Gasteiger charge is 2.16. The summed E-state index contributed by atoms with van der Waals surface area (Å²) in [7, 11) is 3.34. The van der Waals surface area contributed by atoms with Crippen LogP contribution in [-0.4, -0.2) is 44.0 Å².